The number of methoxy groups -OCH3 is 1. The van der Waals surface area contributed by atoms with E-state index in [1.807, 2.05) is 26.8 Å². The van der Waals surface area contributed by atoms with E-state index in [0.717, 1.165) is 17.2 Å². The van der Waals surface area contributed by atoms with E-state index in [-0.39, 0.29) is 22.6 Å². The Morgan fingerprint density at radius 3 is 2.29 bits per heavy atom. The van der Waals surface area contributed by atoms with Crippen molar-refractivity contribution in [3.05, 3.63) is 53.8 Å². The third-order valence-electron chi connectivity index (χ3n) is 4.62. The molecule has 0 radical (unpaired) electrons. The molecule has 0 aliphatic carbocycles. The predicted octanol–water partition coefficient (Wildman–Crippen LogP) is 4.21. The minimum atomic E-state index is -3.30. The number of nitrogens with zero attached hydrogens (tertiary/aromatic N) is 1. The van der Waals surface area contributed by atoms with Crippen molar-refractivity contribution in [3.8, 4) is 5.75 Å². The average Bonchev–Trinajstić information content (AvgIpc) is 2.97. The summed E-state index contributed by atoms with van der Waals surface area (Å²) in [6.07, 6.45) is 1.15. The van der Waals surface area contributed by atoms with Gasteiger partial charge in [0.2, 0.25) is 0 Å². The molecule has 2 aromatic carbocycles. The van der Waals surface area contributed by atoms with Crippen LogP contribution in [0.4, 0.5) is 5.69 Å². The smallest absolute Gasteiger partial charge is 0.294 e. The Morgan fingerprint density at radius 2 is 1.75 bits per heavy atom. The van der Waals surface area contributed by atoms with E-state index < -0.39 is 9.84 Å². The van der Waals surface area contributed by atoms with Crippen molar-refractivity contribution in [3.63, 3.8) is 0 Å². The predicted molar refractivity (Wildman–Crippen MR) is 109 cm³/mol. The average molecular weight is 401 g/mol. The maximum absolute atomic E-state index is 13.3. The van der Waals surface area contributed by atoms with Gasteiger partial charge in [-0.2, -0.15) is 0 Å². The molecule has 0 spiro atoms. The van der Waals surface area contributed by atoms with Crippen LogP contribution in [0.2, 0.25) is 0 Å². The number of hydrogen-bond acceptors (Lipinski definition) is 5. The summed E-state index contributed by atoms with van der Waals surface area (Å²) >= 11 is 0. The Hall–Kier alpha value is -2.80. The van der Waals surface area contributed by atoms with Gasteiger partial charge < -0.3 is 14.1 Å². The largest absolute Gasteiger partial charge is 0.497 e. The molecule has 0 aliphatic rings. The molecule has 1 amide bonds. The third-order valence-corrected chi connectivity index (χ3v) is 5.74. The Morgan fingerprint density at radius 1 is 1.11 bits per heavy atom. The van der Waals surface area contributed by atoms with Gasteiger partial charge in [-0.1, -0.05) is 0 Å². The molecule has 6 nitrogen and oxygen atoms in total. The number of carbonyl (C=O) groups is 1. The first-order chi connectivity index (χ1) is 13.1. The molecule has 0 saturated carbocycles. The Bertz CT molecular complexity index is 1130. The molecule has 28 heavy (non-hydrogen) atoms. The number of rotatable bonds is 5. The Balaban J connectivity index is 2.05. The zero-order valence-corrected chi connectivity index (χ0v) is 17.3. The van der Waals surface area contributed by atoms with Gasteiger partial charge in [-0.3, -0.25) is 4.79 Å². The standard InChI is InChI=1S/C21H23NO5S/c1-13(2)22(15-6-9-17(10-7-15)28(5,24)25)21(23)20-14(3)18-12-16(26-4)8-11-19(18)27-20/h6-13H,1-5H3. The van der Waals surface area contributed by atoms with Crippen LogP contribution in [0.1, 0.15) is 30.0 Å². The van der Waals surface area contributed by atoms with Gasteiger partial charge in [0.1, 0.15) is 11.3 Å². The van der Waals surface area contributed by atoms with E-state index in [0.29, 0.717) is 17.0 Å². The fourth-order valence-corrected chi connectivity index (χ4v) is 3.77. The van der Waals surface area contributed by atoms with Gasteiger partial charge in [0.05, 0.1) is 12.0 Å². The highest BCUT2D eigenvalue weighted by molar-refractivity contribution is 7.90. The van der Waals surface area contributed by atoms with Crippen LogP contribution in [0.3, 0.4) is 0 Å². The number of ether oxygens (including phenoxy) is 1. The SMILES string of the molecule is COc1ccc2oc(C(=O)N(c3ccc(S(C)(=O)=O)cc3)C(C)C)c(C)c2c1. The van der Waals surface area contributed by atoms with Crippen LogP contribution in [0, 0.1) is 6.92 Å². The van der Waals surface area contributed by atoms with Crippen LogP contribution >= 0.6 is 0 Å². The molecule has 0 atom stereocenters. The van der Waals surface area contributed by atoms with Crippen LogP contribution in [0.15, 0.2) is 51.8 Å². The number of benzene rings is 2. The molecule has 3 aromatic rings. The van der Waals surface area contributed by atoms with Gasteiger partial charge in [-0.15, -0.1) is 0 Å². The van der Waals surface area contributed by atoms with Crippen LogP contribution in [-0.2, 0) is 9.84 Å². The summed E-state index contributed by atoms with van der Waals surface area (Å²) < 4.78 is 34.5. The van der Waals surface area contributed by atoms with E-state index in [4.69, 9.17) is 9.15 Å². The van der Waals surface area contributed by atoms with Crippen molar-refractivity contribution in [2.24, 2.45) is 0 Å². The highest BCUT2D eigenvalue weighted by atomic mass is 32.2. The number of amides is 1. The van der Waals surface area contributed by atoms with Gasteiger partial charge in [-0.25, -0.2) is 8.42 Å². The highest BCUT2D eigenvalue weighted by Gasteiger charge is 2.27. The fraction of sp³-hybridized carbons (Fsp3) is 0.286. The Labute approximate surface area is 164 Å². The number of sulfone groups is 1. The first-order valence-electron chi connectivity index (χ1n) is 8.84. The number of anilines is 1. The lowest BCUT2D eigenvalue weighted by Crippen LogP contribution is -2.37. The normalized spacial score (nSPS) is 11.8. The minimum absolute atomic E-state index is 0.154. The quantitative estimate of drug-likeness (QED) is 0.640. The molecule has 0 fully saturated rings. The summed E-state index contributed by atoms with van der Waals surface area (Å²) in [6.45, 7) is 5.62. The summed E-state index contributed by atoms with van der Waals surface area (Å²) in [6, 6.07) is 11.5. The summed E-state index contributed by atoms with van der Waals surface area (Å²) in [5.74, 6) is 0.659. The maximum atomic E-state index is 13.3. The second-order valence-corrected chi connectivity index (χ2v) is 8.97. The van der Waals surface area contributed by atoms with Gasteiger partial charge in [0, 0.05) is 28.9 Å². The number of carbonyl (C=O) groups excluding carboxylic acids is 1. The minimum Gasteiger partial charge on any atom is -0.497 e. The van der Waals surface area contributed by atoms with Crippen molar-refractivity contribution in [2.45, 2.75) is 31.7 Å². The monoisotopic (exact) mass is 401 g/mol. The first kappa shape index (κ1) is 19.9. The van der Waals surface area contributed by atoms with Crippen molar-refractivity contribution >= 4 is 32.4 Å². The molecular formula is C21H23NO5S. The number of furan rings is 1. The van der Waals surface area contributed by atoms with Gasteiger partial charge in [0.25, 0.3) is 5.91 Å². The second-order valence-electron chi connectivity index (χ2n) is 6.95. The molecule has 0 bridgehead atoms. The van der Waals surface area contributed by atoms with Gasteiger partial charge in [0.15, 0.2) is 15.6 Å². The molecule has 148 valence electrons. The van der Waals surface area contributed by atoms with E-state index >= 15 is 0 Å². The van der Waals surface area contributed by atoms with E-state index in [2.05, 4.69) is 0 Å². The van der Waals surface area contributed by atoms with Crippen LogP contribution in [0.25, 0.3) is 11.0 Å². The Kier molecular flexibility index (Phi) is 5.21. The molecule has 0 unspecified atom stereocenters. The van der Waals surface area contributed by atoms with Crippen molar-refractivity contribution < 1.29 is 22.4 Å². The number of hydrogen-bond donors (Lipinski definition) is 0. The van der Waals surface area contributed by atoms with Crippen LogP contribution in [-0.4, -0.2) is 33.7 Å². The zero-order chi connectivity index (χ0) is 20.6. The lowest BCUT2D eigenvalue weighted by Gasteiger charge is -2.26. The van der Waals surface area contributed by atoms with Gasteiger partial charge in [-0.05, 0) is 63.2 Å². The summed E-state index contributed by atoms with van der Waals surface area (Å²) in [5, 5.41) is 0.818. The second kappa shape index (κ2) is 7.31. The highest BCUT2D eigenvalue weighted by Crippen LogP contribution is 2.31. The molecule has 0 aliphatic heterocycles. The molecule has 0 saturated heterocycles. The molecule has 0 N–H and O–H groups in total. The van der Waals surface area contributed by atoms with E-state index in [1.54, 1.807) is 36.3 Å². The molecular weight excluding hydrogens is 378 g/mol. The maximum Gasteiger partial charge on any atom is 0.294 e. The third kappa shape index (κ3) is 3.62. The number of fused-ring (bicyclic) bond motifs is 1. The molecule has 3 rings (SSSR count). The van der Waals surface area contributed by atoms with Crippen molar-refractivity contribution in [1.82, 2.24) is 0 Å². The van der Waals surface area contributed by atoms with Crippen molar-refractivity contribution in [1.29, 1.82) is 0 Å². The van der Waals surface area contributed by atoms with E-state index in [9.17, 15) is 13.2 Å². The fourth-order valence-electron chi connectivity index (χ4n) is 3.14. The lowest BCUT2D eigenvalue weighted by molar-refractivity contribution is 0.0954. The molecule has 1 aromatic heterocycles. The topological polar surface area (TPSA) is 76.8 Å². The molecule has 7 heteroatoms. The zero-order valence-electron chi connectivity index (χ0n) is 16.5. The molecule has 1 heterocycles. The van der Waals surface area contributed by atoms with Crippen LogP contribution in [0.5, 0.6) is 5.75 Å². The first-order valence-corrected chi connectivity index (χ1v) is 10.7. The lowest BCUT2D eigenvalue weighted by atomic mass is 10.1. The summed E-state index contributed by atoms with van der Waals surface area (Å²) in [4.78, 5) is 15.1. The van der Waals surface area contributed by atoms with Crippen LogP contribution < -0.4 is 9.64 Å². The van der Waals surface area contributed by atoms with E-state index in [1.165, 1.54) is 12.1 Å². The summed E-state index contributed by atoms with van der Waals surface area (Å²) in [7, 11) is -1.72. The van der Waals surface area contributed by atoms with Gasteiger partial charge >= 0.3 is 0 Å². The number of aryl methyl sites for hydroxylation is 1. The van der Waals surface area contributed by atoms with Crippen molar-refractivity contribution in [2.75, 3.05) is 18.3 Å². The summed E-state index contributed by atoms with van der Waals surface area (Å²) in [5.41, 5.74) is 1.94.